The highest BCUT2D eigenvalue weighted by Crippen LogP contribution is 2.17. The SMILES string of the molecule is N#Cc1ccc(CCC(=O)N2CCc3ncncc3C2)cc1. The molecule has 1 amide bonds. The molecule has 1 aromatic heterocycles. The largest absolute Gasteiger partial charge is 0.338 e. The van der Waals surface area contributed by atoms with E-state index in [1.807, 2.05) is 17.0 Å². The number of nitrogens with zero attached hydrogens (tertiary/aromatic N) is 4. The van der Waals surface area contributed by atoms with Crippen LogP contribution in [0.25, 0.3) is 0 Å². The summed E-state index contributed by atoms with van der Waals surface area (Å²) >= 11 is 0. The molecule has 0 fully saturated rings. The van der Waals surface area contributed by atoms with E-state index in [2.05, 4.69) is 16.0 Å². The van der Waals surface area contributed by atoms with Crippen LogP contribution in [0.5, 0.6) is 0 Å². The highest BCUT2D eigenvalue weighted by molar-refractivity contribution is 5.76. The van der Waals surface area contributed by atoms with Crippen LogP contribution in [0.1, 0.15) is 28.8 Å². The number of benzene rings is 1. The first-order valence-electron chi connectivity index (χ1n) is 7.31. The van der Waals surface area contributed by atoms with Crippen molar-refractivity contribution in [2.45, 2.75) is 25.8 Å². The zero-order chi connectivity index (χ0) is 15.4. The molecule has 1 aliphatic rings. The summed E-state index contributed by atoms with van der Waals surface area (Å²) in [5.41, 5.74) is 3.81. The lowest BCUT2D eigenvalue weighted by atomic mass is 10.0. The standard InChI is InChI=1S/C17H16N4O/c18-9-14-3-1-13(2-4-14)5-6-17(22)21-8-7-16-15(11-21)10-19-12-20-16/h1-4,10,12H,5-8,11H2. The summed E-state index contributed by atoms with van der Waals surface area (Å²) in [6, 6.07) is 9.48. The van der Waals surface area contributed by atoms with Crippen LogP contribution in [0.2, 0.25) is 0 Å². The molecule has 22 heavy (non-hydrogen) atoms. The number of hydrogen-bond acceptors (Lipinski definition) is 4. The van der Waals surface area contributed by atoms with Gasteiger partial charge in [-0.3, -0.25) is 4.79 Å². The number of carbonyl (C=O) groups excluding carboxylic acids is 1. The van der Waals surface area contributed by atoms with E-state index in [-0.39, 0.29) is 5.91 Å². The fourth-order valence-electron chi connectivity index (χ4n) is 2.63. The van der Waals surface area contributed by atoms with E-state index in [4.69, 9.17) is 5.26 Å². The van der Waals surface area contributed by atoms with E-state index in [1.165, 1.54) is 0 Å². The molecule has 0 spiro atoms. The summed E-state index contributed by atoms with van der Waals surface area (Å²) < 4.78 is 0. The van der Waals surface area contributed by atoms with Crippen molar-refractivity contribution >= 4 is 5.91 Å². The van der Waals surface area contributed by atoms with E-state index < -0.39 is 0 Å². The number of aromatic nitrogens is 2. The maximum atomic E-state index is 12.3. The van der Waals surface area contributed by atoms with Crippen molar-refractivity contribution in [3.63, 3.8) is 0 Å². The van der Waals surface area contributed by atoms with Crippen LogP contribution < -0.4 is 0 Å². The van der Waals surface area contributed by atoms with Crippen LogP contribution in [0.3, 0.4) is 0 Å². The fraction of sp³-hybridized carbons (Fsp3) is 0.294. The van der Waals surface area contributed by atoms with Gasteiger partial charge in [0.1, 0.15) is 6.33 Å². The first kappa shape index (κ1) is 14.2. The molecule has 1 aliphatic heterocycles. The Morgan fingerprint density at radius 3 is 2.91 bits per heavy atom. The van der Waals surface area contributed by atoms with Crippen molar-refractivity contribution in [2.75, 3.05) is 6.54 Å². The summed E-state index contributed by atoms with van der Waals surface area (Å²) in [6.07, 6.45) is 5.32. The minimum absolute atomic E-state index is 0.152. The Morgan fingerprint density at radius 2 is 2.14 bits per heavy atom. The third-order valence-corrected chi connectivity index (χ3v) is 3.92. The molecular weight excluding hydrogens is 276 g/mol. The minimum Gasteiger partial charge on any atom is -0.338 e. The van der Waals surface area contributed by atoms with Gasteiger partial charge in [-0.15, -0.1) is 0 Å². The Labute approximate surface area is 129 Å². The molecular formula is C17H16N4O. The average molecular weight is 292 g/mol. The highest BCUT2D eigenvalue weighted by Gasteiger charge is 2.21. The van der Waals surface area contributed by atoms with Gasteiger partial charge in [0.25, 0.3) is 0 Å². The van der Waals surface area contributed by atoms with Gasteiger partial charge >= 0.3 is 0 Å². The van der Waals surface area contributed by atoms with Gasteiger partial charge in [0.05, 0.1) is 17.3 Å². The van der Waals surface area contributed by atoms with Crippen LogP contribution in [0.15, 0.2) is 36.8 Å². The molecule has 3 rings (SSSR count). The van der Waals surface area contributed by atoms with Gasteiger partial charge < -0.3 is 4.90 Å². The van der Waals surface area contributed by atoms with E-state index in [9.17, 15) is 4.79 Å². The van der Waals surface area contributed by atoms with Crippen LogP contribution in [-0.4, -0.2) is 27.3 Å². The lowest BCUT2D eigenvalue weighted by Crippen LogP contribution is -2.36. The number of amides is 1. The third kappa shape index (κ3) is 3.12. The monoisotopic (exact) mass is 292 g/mol. The lowest BCUT2D eigenvalue weighted by molar-refractivity contribution is -0.132. The van der Waals surface area contributed by atoms with Crippen molar-refractivity contribution in [2.24, 2.45) is 0 Å². The highest BCUT2D eigenvalue weighted by atomic mass is 16.2. The van der Waals surface area contributed by atoms with E-state index in [1.54, 1.807) is 24.7 Å². The quantitative estimate of drug-likeness (QED) is 0.866. The maximum Gasteiger partial charge on any atom is 0.223 e. The Bertz CT molecular complexity index is 718. The average Bonchev–Trinajstić information content (AvgIpc) is 2.59. The van der Waals surface area contributed by atoms with Gasteiger partial charge in [-0.05, 0) is 24.1 Å². The summed E-state index contributed by atoms with van der Waals surface area (Å²) in [4.78, 5) is 22.5. The normalized spacial score (nSPS) is 13.3. The van der Waals surface area contributed by atoms with Crippen LogP contribution >= 0.6 is 0 Å². The number of aryl methyl sites for hydroxylation is 1. The Morgan fingerprint density at radius 1 is 1.32 bits per heavy atom. The number of rotatable bonds is 3. The second kappa shape index (κ2) is 6.35. The number of fused-ring (bicyclic) bond motifs is 1. The molecule has 0 unspecified atom stereocenters. The van der Waals surface area contributed by atoms with E-state index in [0.29, 0.717) is 24.9 Å². The molecule has 1 aromatic carbocycles. The van der Waals surface area contributed by atoms with Gasteiger partial charge in [-0.2, -0.15) is 5.26 Å². The van der Waals surface area contributed by atoms with Gasteiger partial charge in [-0.25, -0.2) is 9.97 Å². The maximum absolute atomic E-state index is 12.3. The van der Waals surface area contributed by atoms with Crippen molar-refractivity contribution < 1.29 is 4.79 Å². The number of carbonyl (C=O) groups is 1. The van der Waals surface area contributed by atoms with Gasteiger partial charge in [0.2, 0.25) is 5.91 Å². The molecule has 0 aliphatic carbocycles. The molecule has 2 aromatic rings. The first-order chi connectivity index (χ1) is 10.8. The van der Waals surface area contributed by atoms with Crippen molar-refractivity contribution in [3.8, 4) is 6.07 Å². The lowest BCUT2D eigenvalue weighted by Gasteiger charge is -2.27. The molecule has 110 valence electrons. The summed E-state index contributed by atoms with van der Waals surface area (Å²) in [7, 11) is 0. The molecule has 0 saturated carbocycles. The molecule has 5 nitrogen and oxygen atoms in total. The van der Waals surface area contributed by atoms with E-state index >= 15 is 0 Å². The zero-order valence-corrected chi connectivity index (χ0v) is 12.2. The summed E-state index contributed by atoms with van der Waals surface area (Å²) in [5.74, 6) is 0.152. The minimum atomic E-state index is 0.152. The second-order valence-corrected chi connectivity index (χ2v) is 5.37. The molecule has 0 radical (unpaired) electrons. The Balaban J connectivity index is 1.57. The molecule has 0 saturated heterocycles. The summed E-state index contributed by atoms with van der Waals surface area (Å²) in [6.45, 7) is 1.32. The predicted octanol–water partition coefficient (Wildman–Crippen LogP) is 1.87. The van der Waals surface area contributed by atoms with Gasteiger partial charge in [-0.1, -0.05) is 12.1 Å². The molecule has 0 atom stereocenters. The van der Waals surface area contributed by atoms with Crippen LogP contribution in [0.4, 0.5) is 0 Å². The van der Waals surface area contributed by atoms with Crippen molar-refractivity contribution in [3.05, 3.63) is 59.2 Å². The van der Waals surface area contributed by atoms with E-state index in [0.717, 1.165) is 29.8 Å². The Kier molecular flexibility index (Phi) is 4.10. The van der Waals surface area contributed by atoms with Gasteiger partial charge in [0, 0.05) is 37.7 Å². The molecule has 0 N–H and O–H groups in total. The number of nitriles is 1. The van der Waals surface area contributed by atoms with Crippen LogP contribution in [-0.2, 0) is 24.2 Å². The van der Waals surface area contributed by atoms with Gasteiger partial charge in [0.15, 0.2) is 0 Å². The number of hydrogen-bond donors (Lipinski definition) is 0. The molecule has 2 heterocycles. The third-order valence-electron chi connectivity index (χ3n) is 3.92. The zero-order valence-electron chi connectivity index (χ0n) is 12.2. The van der Waals surface area contributed by atoms with Crippen molar-refractivity contribution in [1.82, 2.24) is 14.9 Å². The van der Waals surface area contributed by atoms with Crippen LogP contribution in [0, 0.1) is 11.3 Å². The Hall–Kier alpha value is -2.74. The predicted molar refractivity (Wildman–Crippen MR) is 80.6 cm³/mol. The topological polar surface area (TPSA) is 69.9 Å². The molecule has 0 bridgehead atoms. The first-order valence-corrected chi connectivity index (χ1v) is 7.31. The second-order valence-electron chi connectivity index (χ2n) is 5.37. The summed E-state index contributed by atoms with van der Waals surface area (Å²) in [5, 5.41) is 8.78. The van der Waals surface area contributed by atoms with Crippen molar-refractivity contribution in [1.29, 1.82) is 5.26 Å². The smallest absolute Gasteiger partial charge is 0.223 e. The molecule has 5 heteroatoms. The fourth-order valence-corrected chi connectivity index (χ4v) is 2.63.